The number of amides is 1. The van der Waals surface area contributed by atoms with Crippen LogP contribution in [0.5, 0.6) is 0 Å². The molecule has 0 N–H and O–H groups in total. The van der Waals surface area contributed by atoms with Gasteiger partial charge in [0.2, 0.25) is 15.9 Å². The standard InChI is InChI=1S/C26H36N4O3S/c1-20(21-7-5-4-6-8-21)22-11-15-29(16-12-22)25-10-9-24(19-27-25)34(32,33)30-17-13-23(14-18-30)26(31)28(2)3/h4-10,19-20,22-23H,11-18H2,1-3H3. The summed E-state index contributed by atoms with van der Waals surface area (Å²) in [6.45, 7) is 4.89. The zero-order chi connectivity index (χ0) is 24.3. The van der Waals surface area contributed by atoms with Gasteiger partial charge in [-0.3, -0.25) is 4.79 Å². The molecule has 7 nitrogen and oxygen atoms in total. The average molecular weight is 485 g/mol. The summed E-state index contributed by atoms with van der Waals surface area (Å²) in [5.41, 5.74) is 1.39. The second-order valence-electron chi connectivity index (χ2n) is 9.79. The van der Waals surface area contributed by atoms with E-state index in [1.165, 1.54) is 16.1 Å². The van der Waals surface area contributed by atoms with Crippen LogP contribution in [0.3, 0.4) is 0 Å². The predicted molar refractivity (Wildman–Crippen MR) is 134 cm³/mol. The molecule has 0 aliphatic carbocycles. The summed E-state index contributed by atoms with van der Waals surface area (Å²) in [7, 11) is -0.120. The van der Waals surface area contributed by atoms with E-state index in [1.807, 2.05) is 6.07 Å². The molecular formula is C26H36N4O3S. The minimum atomic E-state index is -3.60. The van der Waals surface area contributed by atoms with Gasteiger partial charge in [0.05, 0.1) is 0 Å². The summed E-state index contributed by atoms with van der Waals surface area (Å²) in [4.78, 5) is 20.8. The number of piperidine rings is 2. The van der Waals surface area contributed by atoms with Crippen molar-refractivity contribution in [3.63, 3.8) is 0 Å². The van der Waals surface area contributed by atoms with Crippen LogP contribution in [0.25, 0.3) is 0 Å². The zero-order valence-electron chi connectivity index (χ0n) is 20.4. The van der Waals surface area contributed by atoms with Crippen LogP contribution in [0.15, 0.2) is 53.6 Å². The zero-order valence-corrected chi connectivity index (χ0v) is 21.2. The van der Waals surface area contributed by atoms with Crippen LogP contribution < -0.4 is 4.90 Å². The SMILES string of the molecule is CC(c1ccccc1)C1CCN(c2ccc(S(=O)(=O)N3CCC(C(=O)N(C)C)CC3)cn2)CC1. The van der Waals surface area contributed by atoms with E-state index in [0.717, 1.165) is 31.7 Å². The quantitative estimate of drug-likeness (QED) is 0.627. The molecule has 1 unspecified atom stereocenters. The molecule has 2 aliphatic rings. The van der Waals surface area contributed by atoms with Gasteiger partial charge >= 0.3 is 0 Å². The van der Waals surface area contributed by atoms with Crippen molar-refractivity contribution < 1.29 is 13.2 Å². The Morgan fingerprint density at radius 2 is 1.62 bits per heavy atom. The lowest BCUT2D eigenvalue weighted by molar-refractivity contribution is -0.134. The van der Waals surface area contributed by atoms with Gasteiger partial charge in [0.25, 0.3) is 0 Å². The smallest absolute Gasteiger partial charge is 0.244 e. The Morgan fingerprint density at radius 1 is 0.971 bits per heavy atom. The molecule has 2 aliphatic heterocycles. The van der Waals surface area contributed by atoms with Crippen molar-refractivity contribution in [3.05, 3.63) is 54.2 Å². The van der Waals surface area contributed by atoms with E-state index in [9.17, 15) is 13.2 Å². The van der Waals surface area contributed by atoms with Crippen molar-refractivity contribution in [1.82, 2.24) is 14.2 Å². The molecule has 8 heteroatoms. The molecule has 0 saturated carbocycles. The fourth-order valence-electron chi connectivity index (χ4n) is 5.23. The van der Waals surface area contributed by atoms with E-state index >= 15 is 0 Å². The van der Waals surface area contributed by atoms with Gasteiger partial charge in [-0.1, -0.05) is 37.3 Å². The van der Waals surface area contributed by atoms with Gasteiger partial charge in [-0.05, 0) is 55.2 Å². The number of carbonyl (C=O) groups excluding carboxylic acids is 1. The second-order valence-corrected chi connectivity index (χ2v) is 11.7. The number of hydrogen-bond donors (Lipinski definition) is 0. The molecule has 184 valence electrons. The van der Waals surface area contributed by atoms with E-state index in [-0.39, 0.29) is 16.7 Å². The van der Waals surface area contributed by atoms with Gasteiger partial charge in [-0.25, -0.2) is 13.4 Å². The molecular weight excluding hydrogens is 448 g/mol. The maximum Gasteiger partial charge on any atom is 0.244 e. The van der Waals surface area contributed by atoms with Gasteiger partial charge in [0.1, 0.15) is 10.7 Å². The van der Waals surface area contributed by atoms with Gasteiger partial charge in [-0.15, -0.1) is 0 Å². The third-order valence-corrected chi connectivity index (χ3v) is 9.38. The minimum absolute atomic E-state index is 0.0741. The Bertz CT molecular complexity index is 1060. The van der Waals surface area contributed by atoms with Crippen molar-refractivity contribution in [2.24, 2.45) is 11.8 Å². The highest BCUT2D eigenvalue weighted by Gasteiger charge is 2.33. The van der Waals surface area contributed by atoms with E-state index in [1.54, 1.807) is 25.1 Å². The lowest BCUT2D eigenvalue weighted by atomic mass is 9.81. The van der Waals surface area contributed by atoms with Crippen molar-refractivity contribution in [3.8, 4) is 0 Å². The lowest BCUT2D eigenvalue weighted by Gasteiger charge is -2.36. The van der Waals surface area contributed by atoms with Crippen LogP contribution in [0.4, 0.5) is 5.82 Å². The summed E-state index contributed by atoms with van der Waals surface area (Å²) in [6, 6.07) is 14.2. The average Bonchev–Trinajstić information content (AvgIpc) is 2.88. The summed E-state index contributed by atoms with van der Waals surface area (Å²) in [5, 5.41) is 0. The van der Waals surface area contributed by atoms with Crippen molar-refractivity contribution in [2.45, 2.75) is 43.4 Å². The number of sulfonamides is 1. The van der Waals surface area contributed by atoms with E-state index < -0.39 is 10.0 Å². The van der Waals surface area contributed by atoms with Crippen LogP contribution in [0, 0.1) is 11.8 Å². The van der Waals surface area contributed by atoms with Crippen molar-refractivity contribution in [2.75, 3.05) is 45.2 Å². The Balaban J connectivity index is 1.34. The molecule has 1 aromatic heterocycles. The molecule has 1 amide bonds. The molecule has 4 rings (SSSR count). The van der Waals surface area contributed by atoms with Crippen LogP contribution in [-0.2, 0) is 14.8 Å². The summed E-state index contributed by atoms with van der Waals surface area (Å²) in [5.74, 6) is 1.97. The minimum Gasteiger partial charge on any atom is -0.357 e. The topological polar surface area (TPSA) is 73.8 Å². The van der Waals surface area contributed by atoms with Gasteiger partial charge in [-0.2, -0.15) is 4.31 Å². The molecule has 3 heterocycles. The molecule has 0 radical (unpaired) electrons. The number of pyridine rings is 1. The molecule has 0 spiro atoms. The van der Waals surface area contributed by atoms with E-state index in [2.05, 4.69) is 47.1 Å². The Kier molecular flexibility index (Phi) is 7.57. The van der Waals surface area contributed by atoms with Gasteiger partial charge < -0.3 is 9.80 Å². The molecule has 2 aromatic rings. The highest BCUT2D eigenvalue weighted by atomic mass is 32.2. The number of hydrogen-bond acceptors (Lipinski definition) is 5. The van der Waals surface area contributed by atoms with Gasteiger partial charge in [0.15, 0.2) is 0 Å². The fraction of sp³-hybridized carbons (Fsp3) is 0.538. The summed E-state index contributed by atoms with van der Waals surface area (Å²) < 4.78 is 27.7. The first-order valence-corrected chi connectivity index (χ1v) is 13.7. The highest BCUT2D eigenvalue weighted by molar-refractivity contribution is 7.89. The van der Waals surface area contributed by atoms with E-state index in [0.29, 0.717) is 37.8 Å². The lowest BCUT2D eigenvalue weighted by Crippen LogP contribution is -2.42. The van der Waals surface area contributed by atoms with Crippen LogP contribution in [-0.4, -0.2) is 68.8 Å². The number of aromatic nitrogens is 1. The first kappa shape index (κ1) is 24.7. The maximum absolute atomic E-state index is 13.1. The number of rotatable bonds is 6. The third kappa shape index (κ3) is 5.28. The third-order valence-electron chi connectivity index (χ3n) is 7.50. The second kappa shape index (κ2) is 10.4. The molecule has 1 aromatic carbocycles. The van der Waals surface area contributed by atoms with Crippen LogP contribution >= 0.6 is 0 Å². The fourth-order valence-corrected chi connectivity index (χ4v) is 6.64. The first-order valence-electron chi connectivity index (χ1n) is 12.2. The van der Waals surface area contributed by atoms with Gasteiger partial charge in [0, 0.05) is 52.4 Å². The molecule has 34 heavy (non-hydrogen) atoms. The van der Waals surface area contributed by atoms with Crippen LogP contribution in [0.1, 0.15) is 44.1 Å². The number of carbonyl (C=O) groups is 1. The number of nitrogens with zero attached hydrogens (tertiary/aromatic N) is 4. The predicted octanol–water partition coefficient (Wildman–Crippen LogP) is 3.59. The highest BCUT2D eigenvalue weighted by Crippen LogP contribution is 2.33. The Labute approximate surface area is 203 Å². The molecule has 2 saturated heterocycles. The molecule has 1 atom stereocenters. The normalized spacial score (nSPS) is 19.7. The number of benzene rings is 1. The molecule has 0 bridgehead atoms. The van der Waals surface area contributed by atoms with E-state index in [4.69, 9.17) is 0 Å². The first-order chi connectivity index (χ1) is 16.3. The van der Waals surface area contributed by atoms with Crippen molar-refractivity contribution in [1.29, 1.82) is 0 Å². The maximum atomic E-state index is 13.1. The van der Waals surface area contributed by atoms with Crippen LogP contribution in [0.2, 0.25) is 0 Å². The largest absolute Gasteiger partial charge is 0.357 e. The summed E-state index contributed by atoms with van der Waals surface area (Å²) in [6.07, 6.45) is 4.79. The molecule has 2 fully saturated rings. The number of anilines is 1. The van der Waals surface area contributed by atoms with Crippen molar-refractivity contribution >= 4 is 21.7 Å². The monoisotopic (exact) mass is 484 g/mol. The summed E-state index contributed by atoms with van der Waals surface area (Å²) >= 11 is 0. The Hall–Kier alpha value is -2.45. The Morgan fingerprint density at radius 3 is 2.18 bits per heavy atom.